The zero-order chi connectivity index (χ0) is 17.5. The second-order valence-electron chi connectivity index (χ2n) is 4.78. The number of nitro benzene ring substituents is 1. The van der Waals surface area contributed by atoms with Gasteiger partial charge in [-0.15, -0.1) is 5.11 Å². The van der Waals surface area contributed by atoms with Crippen molar-refractivity contribution in [2.75, 3.05) is 13.2 Å². The van der Waals surface area contributed by atoms with Gasteiger partial charge in [0.15, 0.2) is 0 Å². The summed E-state index contributed by atoms with van der Waals surface area (Å²) in [4.78, 5) is 10.2. The minimum Gasteiger partial charge on any atom is -0.395 e. The molecule has 2 N–H and O–H groups in total. The number of rotatable bonds is 7. The molecule has 0 amide bonds. The lowest BCUT2D eigenvalue weighted by molar-refractivity contribution is -0.384. The van der Waals surface area contributed by atoms with E-state index in [-0.39, 0.29) is 28.0 Å². The summed E-state index contributed by atoms with van der Waals surface area (Å²) in [7, 11) is 0. The average Bonchev–Trinajstić information content (AvgIpc) is 2.55. The third kappa shape index (κ3) is 4.97. The van der Waals surface area contributed by atoms with Crippen LogP contribution in [0.3, 0.4) is 0 Å². The maximum absolute atomic E-state index is 10.7. The van der Waals surface area contributed by atoms with Crippen molar-refractivity contribution in [3.63, 3.8) is 0 Å². The molecule has 0 spiro atoms. The monoisotopic (exact) mass is 368 g/mol. The number of nitrogens with one attached hydrogen (secondary N) is 1. The van der Waals surface area contributed by atoms with Gasteiger partial charge < -0.3 is 10.4 Å². The highest BCUT2D eigenvalue weighted by Gasteiger charge is 2.14. The highest BCUT2D eigenvalue weighted by atomic mass is 35.5. The van der Waals surface area contributed by atoms with Crippen LogP contribution in [0.25, 0.3) is 0 Å². The molecule has 0 aliphatic rings. The molecule has 0 atom stereocenters. The maximum atomic E-state index is 10.7. The number of nitro groups is 1. The Morgan fingerprint density at radius 1 is 1.12 bits per heavy atom. The Hall–Kier alpha value is -2.06. The molecular formula is C15H14Cl2N4O3. The summed E-state index contributed by atoms with van der Waals surface area (Å²) in [5, 5.41) is 30.6. The summed E-state index contributed by atoms with van der Waals surface area (Å²) in [6.45, 7) is 1.25. The Kier molecular flexibility index (Phi) is 6.62. The quantitative estimate of drug-likeness (QED) is 0.327. The number of aliphatic hydroxyl groups is 1. The van der Waals surface area contributed by atoms with E-state index in [0.717, 1.165) is 5.56 Å². The fourth-order valence-corrected chi connectivity index (χ4v) is 2.40. The van der Waals surface area contributed by atoms with Crippen molar-refractivity contribution in [2.24, 2.45) is 10.2 Å². The van der Waals surface area contributed by atoms with Crippen LogP contribution < -0.4 is 5.32 Å². The van der Waals surface area contributed by atoms with Crippen LogP contribution in [0.15, 0.2) is 46.6 Å². The molecule has 2 aromatic carbocycles. The molecule has 0 aromatic heterocycles. The van der Waals surface area contributed by atoms with E-state index in [4.69, 9.17) is 28.3 Å². The predicted octanol–water partition coefficient (Wildman–Crippen LogP) is 4.40. The van der Waals surface area contributed by atoms with Gasteiger partial charge in [0.1, 0.15) is 5.69 Å². The minimum atomic E-state index is -0.581. The summed E-state index contributed by atoms with van der Waals surface area (Å²) < 4.78 is 0. The highest BCUT2D eigenvalue weighted by molar-refractivity contribution is 6.39. The van der Waals surface area contributed by atoms with Crippen molar-refractivity contribution < 1.29 is 10.0 Å². The van der Waals surface area contributed by atoms with E-state index in [1.807, 2.05) is 12.1 Å². The van der Waals surface area contributed by atoms with Gasteiger partial charge >= 0.3 is 0 Å². The lowest BCUT2D eigenvalue weighted by Crippen LogP contribution is -2.17. The van der Waals surface area contributed by atoms with Crippen LogP contribution in [0.2, 0.25) is 10.0 Å². The maximum Gasteiger partial charge on any atom is 0.272 e. The molecule has 24 heavy (non-hydrogen) atoms. The van der Waals surface area contributed by atoms with Crippen molar-refractivity contribution in [1.29, 1.82) is 0 Å². The Bertz CT molecular complexity index is 728. The second-order valence-corrected chi connectivity index (χ2v) is 5.60. The number of halogens is 2. The van der Waals surface area contributed by atoms with Crippen molar-refractivity contribution in [3.05, 3.63) is 62.1 Å². The van der Waals surface area contributed by atoms with Crippen molar-refractivity contribution in [2.45, 2.75) is 6.54 Å². The Balaban J connectivity index is 2.12. The van der Waals surface area contributed by atoms with Gasteiger partial charge in [-0.25, -0.2) is 0 Å². The average molecular weight is 369 g/mol. The molecule has 0 aliphatic carbocycles. The summed E-state index contributed by atoms with van der Waals surface area (Å²) >= 11 is 11.9. The van der Waals surface area contributed by atoms with E-state index >= 15 is 0 Å². The molecule has 9 heteroatoms. The number of azo groups is 1. The number of hydrogen-bond donors (Lipinski definition) is 2. The van der Waals surface area contributed by atoms with Crippen LogP contribution in [0.4, 0.5) is 17.1 Å². The van der Waals surface area contributed by atoms with E-state index in [9.17, 15) is 10.1 Å². The topological polar surface area (TPSA) is 100 Å². The number of hydrogen-bond acceptors (Lipinski definition) is 6. The standard InChI is InChI=1S/C15H14Cl2N4O3/c16-13-7-12(21(23)24)8-14(17)15(13)20-19-11-3-1-10(2-4-11)9-18-5-6-22/h1-4,7-8,18,22H,5-6,9H2. The van der Waals surface area contributed by atoms with Crippen molar-refractivity contribution >= 4 is 40.3 Å². The largest absolute Gasteiger partial charge is 0.395 e. The third-order valence-corrected chi connectivity index (χ3v) is 3.61. The molecule has 0 bridgehead atoms. The van der Waals surface area contributed by atoms with Crippen LogP contribution in [0.1, 0.15) is 5.56 Å². The molecular weight excluding hydrogens is 355 g/mol. The molecule has 0 saturated heterocycles. The van der Waals surface area contributed by atoms with Crippen LogP contribution in [0, 0.1) is 10.1 Å². The predicted molar refractivity (Wildman–Crippen MR) is 92.5 cm³/mol. The molecule has 0 unspecified atom stereocenters. The molecule has 0 fully saturated rings. The van der Waals surface area contributed by atoms with Crippen molar-refractivity contribution in [3.8, 4) is 0 Å². The second kappa shape index (κ2) is 8.70. The molecule has 2 rings (SSSR count). The zero-order valence-corrected chi connectivity index (χ0v) is 14.0. The van der Waals surface area contributed by atoms with Gasteiger partial charge in [-0.3, -0.25) is 10.1 Å². The van der Waals surface area contributed by atoms with Gasteiger partial charge in [-0.1, -0.05) is 35.3 Å². The zero-order valence-electron chi connectivity index (χ0n) is 12.4. The Morgan fingerprint density at radius 2 is 1.75 bits per heavy atom. The lowest BCUT2D eigenvalue weighted by atomic mass is 10.2. The van der Waals surface area contributed by atoms with E-state index in [2.05, 4.69) is 15.5 Å². The van der Waals surface area contributed by atoms with Gasteiger partial charge in [-0.05, 0) is 17.7 Å². The van der Waals surface area contributed by atoms with Gasteiger partial charge in [0.25, 0.3) is 5.69 Å². The normalized spacial score (nSPS) is 11.1. The summed E-state index contributed by atoms with van der Waals surface area (Å²) in [6, 6.07) is 9.64. The SMILES string of the molecule is O=[N+]([O-])c1cc(Cl)c(N=Nc2ccc(CNCCO)cc2)c(Cl)c1. The fraction of sp³-hybridized carbons (Fsp3) is 0.200. The van der Waals surface area contributed by atoms with Crippen LogP contribution in [0.5, 0.6) is 0 Å². The molecule has 0 radical (unpaired) electrons. The van der Waals surface area contributed by atoms with E-state index in [0.29, 0.717) is 18.8 Å². The Labute approximate surface area is 148 Å². The third-order valence-electron chi connectivity index (χ3n) is 3.03. The van der Waals surface area contributed by atoms with Crippen LogP contribution in [-0.2, 0) is 6.54 Å². The number of nitrogens with zero attached hydrogens (tertiary/aromatic N) is 3. The summed E-state index contributed by atoms with van der Waals surface area (Å²) in [5.41, 5.74) is 1.60. The first-order valence-electron chi connectivity index (χ1n) is 6.97. The smallest absolute Gasteiger partial charge is 0.272 e. The molecule has 7 nitrogen and oxygen atoms in total. The van der Waals surface area contributed by atoms with E-state index in [1.165, 1.54) is 12.1 Å². The first kappa shape index (κ1) is 18.3. The molecule has 0 heterocycles. The van der Waals surface area contributed by atoms with Crippen LogP contribution >= 0.6 is 23.2 Å². The summed E-state index contributed by atoms with van der Waals surface area (Å²) in [6.07, 6.45) is 0. The van der Waals surface area contributed by atoms with Gasteiger partial charge in [0.2, 0.25) is 0 Å². The summed E-state index contributed by atoms with van der Waals surface area (Å²) in [5.74, 6) is 0. The first-order valence-corrected chi connectivity index (χ1v) is 7.72. The van der Waals surface area contributed by atoms with E-state index in [1.54, 1.807) is 12.1 Å². The Morgan fingerprint density at radius 3 is 2.29 bits per heavy atom. The molecule has 0 aliphatic heterocycles. The fourth-order valence-electron chi connectivity index (χ4n) is 1.85. The number of aliphatic hydroxyl groups excluding tert-OH is 1. The van der Waals surface area contributed by atoms with E-state index < -0.39 is 4.92 Å². The first-order chi connectivity index (χ1) is 11.5. The molecule has 2 aromatic rings. The highest BCUT2D eigenvalue weighted by Crippen LogP contribution is 2.37. The molecule has 0 saturated carbocycles. The van der Waals surface area contributed by atoms with Crippen molar-refractivity contribution in [1.82, 2.24) is 5.32 Å². The number of non-ortho nitro benzene ring substituents is 1. The lowest BCUT2D eigenvalue weighted by Gasteiger charge is -2.03. The molecule has 126 valence electrons. The van der Waals surface area contributed by atoms with Gasteiger partial charge in [0.05, 0.1) is 27.3 Å². The van der Waals surface area contributed by atoms with Gasteiger partial charge in [-0.2, -0.15) is 5.11 Å². The minimum absolute atomic E-state index is 0.0581. The number of benzene rings is 2. The van der Waals surface area contributed by atoms with Crippen LogP contribution in [-0.4, -0.2) is 23.2 Å². The van der Waals surface area contributed by atoms with Gasteiger partial charge in [0, 0.05) is 25.2 Å².